The number of nitrogens with zero attached hydrogens (tertiary/aromatic N) is 2. The van der Waals surface area contributed by atoms with Crippen molar-refractivity contribution in [2.75, 3.05) is 44.7 Å². The molecule has 21 heavy (non-hydrogen) atoms. The smallest absolute Gasteiger partial charge is 0.123 e. The molecule has 2 rings (SSSR count). The van der Waals surface area contributed by atoms with Crippen LogP contribution in [0.1, 0.15) is 38.3 Å². The molecular formula is C17H28FN3. The molecule has 1 aromatic carbocycles. The van der Waals surface area contributed by atoms with Gasteiger partial charge in [-0.15, -0.1) is 0 Å². The van der Waals surface area contributed by atoms with E-state index in [1.807, 2.05) is 6.07 Å². The third kappa shape index (κ3) is 4.42. The normalized spacial score (nSPS) is 17.1. The van der Waals surface area contributed by atoms with Crippen molar-refractivity contribution in [2.24, 2.45) is 0 Å². The summed E-state index contributed by atoms with van der Waals surface area (Å²) in [7, 11) is 2.10. The lowest BCUT2D eigenvalue weighted by Crippen LogP contribution is -2.32. The SMILES string of the molecule is CCNC(C)c1cc(F)ccc1N(C)CCN1CCCC1. The standard InChI is InChI=1S/C17H28FN3/c1-4-19-14(2)16-13-15(18)7-8-17(16)20(3)11-12-21-9-5-6-10-21/h7-8,13-14,19H,4-6,9-12H2,1-3H3. The van der Waals surface area contributed by atoms with E-state index in [0.29, 0.717) is 0 Å². The second-order valence-corrected chi connectivity index (χ2v) is 5.95. The van der Waals surface area contributed by atoms with Gasteiger partial charge < -0.3 is 15.1 Å². The molecule has 1 saturated heterocycles. The average Bonchev–Trinajstić information content (AvgIpc) is 2.98. The second kappa shape index (κ2) is 7.76. The van der Waals surface area contributed by atoms with Crippen LogP contribution in [0.3, 0.4) is 0 Å². The Morgan fingerprint density at radius 2 is 2.05 bits per heavy atom. The molecule has 0 aromatic heterocycles. The van der Waals surface area contributed by atoms with Crippen LogP contribution in [0, 0.1) is 5.82 Å². The van der Waals surface area contributed by atoms with E-state index in [-0.39, 0.29) is 11.9 Å². The topological polar surface area (TPSA) is 18.5 Å². The lowest BCUT2D eigenvalue weighted by Gasteiger charge is -2.27. The minimum atomic E-state index is -0.161. The molecule has 0 radical (unpaired) electrons. The van der Waals surface area contributed by atoms with Gasteiger partial charge in [0.2, 0.25) is 0 Å². The van der Waals surface area contributed by atoms with Crippen LogP contribution in [-0.2, 0) is 0 Å². The molecule has 1 aliphatic heterocycles. The molecule has 1 aromatic rings. The maximum atomic E-state index is 13.6. The first-order chi connectivity index (χ1) is 10.1. The maximum Gasteiger partial charge on any atom is 0.123 e. The van der Waals surface area contributed by atoms with Crippen LogP contribution in [0.25, 0.3) is 0 Å². The largest absolute Gasteiger partial charge is 0.373 e. The molecule has 118 valence electrons. The molecule has 0 bridgehead atoms. The minimum Gasteiger partial charge on any atom is -0.373 e. The van der Waals surface area contributed by atoms with Gasteiger partial charge in [-0.25, -0.2) is 4.39 Å². The molecule has 1 fully saturated rings. The van der Waals surface area contributed by atoms with E-state index in [4.69, 9.17) is 0 Å². The molecule has 0 amide bonds. The summed E-state index contributed by atoms with van der Waals surface area (Å²) in [5.41, 5.74) is 2.17. The number of benzene rings is 1. The highest BCUT2D eigenvalue weighted by molar-refractivity contribution is 5.54. The van der Waals surface area contributed by atoms with Gasteiger partial charge in [-0.1, -0.05) is 6.92 Å². The Hall–Kier alpha value is -1.13. The zero-order valence-electron chi connectivity index (χ0n) is 13.5. The summed E-state index contributed by atoms with van der Waals surface area (Å²) in [5, 5.41) is 3.38. The van der Waals surface area contributed by atoms with Crippen molar-refractivity contribution in [2.45, 2.75) is 32.7 Å². The summed E-state index contributed by atoms with van der Waals surface area (Å²) in [6.45, 7) is 9.56. The Labute approximate surface area is 128 Å². The quantitative estimate of drug-likeness (QED) is 0.833. The highest BCUT2D eigenvalue weighted by atomic mass is 19.1. The molecule has 1 heterocycles. The summed E-state index contributed by atoms with van der Waals surface area (Å²) in [4.78, 5) is 4.76. The highest BCUT2D eigenvalue weighted by Crippen LogP contribution is 2.26. The summed E-state index contributed by atoms with van der Waals surface area (Å²) >= 11 is 0. The number of anilines is 1. The van der Waals surface area contributed by atoms with Crippen LogP contribution in [-0.4, -0.2) is 44.7 Å². The van der Waals surface area contributed by atoms with E-state index in [0.717, 1.165) is 30.9 Å². The minimum absolute atomic E-state index is 0.161. The molecule has 4 heteroatoms. The summed E-state index contributed by atoms with van der Waals surface area (Å²) < 4.78 is 13.6. The third-order valence-corrected chi connectivity index (χ3v) is 4.33. The first kappa shape index (κ1) is 16.2. The number of halogens is 1. The Bertz CT molecular complexity index is 444. The molecule has 0 spiro atoms. The van der Waals surface area contributed by atoms with E-state index in [1.165, 1.54) is 25.9 Å². The van der Waals surface area contributed by atoms with E-state index in [1.54, 1.807) is 12.1 Å². The van der Waals surface area contributed by atoms with E-state index >= 15 is 0 Å². The van der Waals surface area contributed by atoms with Gasteiger partial charge in [0, 0.05) is 31.9 Å². The molecule has 1 N–H and O–H groups in total. The monoisotopic (exact) mass is 293 g/mol. The second-order valence-electron chi connectivity index (χ2n) is 5.95. The predicted molar refractivity (Wildman–Crippen MR) is 87.4 cm³/mol. The molecule has 1 aliphatic rings. The van der Waals surface area contributed by atoms with Crippen LogP contribution in [0.5, 0.6) is 0 Å². The molecule has 0 saturated carbocycles. The molecule has 0 aliphatic carbocycles. The predicted octanol–water partition coefficient (Wildman–Crippen LogP) is 3.03. The Balaban J connectivity index is 2.05. The highest BCUT2D eigenvalue weighted by Gasteiger charge is 2.16. The molecule has 1 atom stereocenters. The Morgan fingerprint density at radius 1 is 1.33 bits per heavy atom. The number of likely N-dealkylation sites (N-methyl/N-ethyl adjacent to an activating group) is 1. The van der Waals surface area contributed by atoms with Gasteiger partial charge >= 0.3 is 0 Å². The number of hydrogen-bond acceptors (Lipinski definition) is 3. The zero-order valence-corrected chi connectivity index (χ0v) is 13.5. The van der Waals surface area contributed by atoms with E-state index in [9.17, 15) is 4.39 Å². The van der Waals surface area contributed by atoms with Crippen molar-refractivity contribution in [3.63, 3.8) is 0 Å². The van der Waals surface area contributed by atoms with Crippen LogP contribution < -0.4 is 10.2 Å². The van der Waals surface area contributed by atoms with Crippen molar-refractivity contribution in [1.82, 2.24) is 10.2 Å². The summed E-state index contributed by atoms with van der Waals surface area (Å²) in [5.74, 6) is -0.161. The Kier molecular flexibility index (Phi) is 6.00. The number of likely N-dealkylation sites (tertiary alicyclic amines) is 1. The molecule has 3 nitrogen and oxygen atoms in total. The van der Waals surface area contributed by atoms with Gasteiger partial charge in [0.15, 0.2) is 0 Å². The van der Waals surface area contributed by atoms with Gasteiger partial charge in [0.05, 0.1) is 0 Å². The van der Waals surface area contributed by atoms with Gasteiger partial charge in [-0.3, -0.25) is 0 Å². The number of nitrogens with one attached hydrogen (secondary N) is 1. The van der Waals surface area contributed by atoms with Crippen molar-refractivity contribution >= 4 is 5.69 Å². The van der Waals surface area contributed by atoms with E-state index in [2.05, 4.69) is 36.0 Å². The summed E-state index contributed by atoms with van der Waals surface area (Å²) in [6.07, 6.45) is 2.64. The average molecular weight is 293 g/mol. The van der Waals surface area contributed by atoms with Gasteiger partial charge in [-0.05, 0) is 63.2 Å². The molecule has 1 unspecified atom stereocenters. The van der Waals surface area contributed by atoms with E-state index < -0.39 is 0 Å². The third-order valence-electron chi connectivity index (χ3n) is 4.33. The lowest BCUT2D eigenvalue weighted by molar-refractivity contribution is 0.346. The van der Waals surface area contributed by atoms with Crippen molar-refractivity contribution in [3.8, 4) is 0 Å². The van der Waals surface area contributed by atoms with Gasteiger partial charge in [0.1, 0.15) is 5.82 Å². The van der Waals surface area contributed by atoms with Crippen molar-refractivity contribution in [3.05, 3.63) is 29.6 Å². The van der Waals surface area contributed by atoms with Crippen LogP contribution in [0.2, 0.25) is 0 Å². The summed E-state index contributed by atoms with van der Waals surface area (Å²) in [6, 6.07) is 5.29. The van der Waals surface area contributed by atoms with Crippen LogP contribution >= 0.6 is 0 Å². The first-order valence-electron chi connectivity index (χ1n) is 8.08. The van der Waals surface area contributed by atoms with Crippen molar-refractivity contribution < 1.29 is 4.39 Å². The fourth-order valence-corrected chi connectivity index (χ4v) is 3.05. The fraction of sp³-hybridized carbons (Fsp3) is 0.647. The molecular weight excluding hydrogens is 265 g/mol. The maximum absolute atomic E-state index is 13.6. The van der Waals surface area contributed by atoms with Gasteiger partial charge in [-0.2, -0.15) is 0 Å². The fourth-order valence-electron chi connectivity index (χ4n) is 3.05. The van der Waals surface area contributed by atoms with Crippen molar-refractivity contribution in [1.29, 1.82) is 0 Å². The van der Waals surface area contributed by atoms with Crippen LogP contribution in [0.4, 0.5) is 10.1 Å². The van der Waals surface area contributed by atoms with Gasteiger partial charge in [0.25, 0.3) is 0 Å². The number of rotatable bonds is 7. The Morgan fingerprint density at radius 3 is 2.71 bits per heavy atom. The first-order valence-corrected chi connectivity index (χ1v) is 8.08. The lowest BCUT2D eigenvalue weighted by atomic mass is 10.0. The zero-order chi connectivity index (χ0) is 15.2. The van der Waals surface area contributed by atoms with Crippen LogP contribution in [0.15, 0.2) is 18.2 Å². The number of hydrogen-bond donors (Lipinski definition) is 1.